The molecule has 0 saturated carbocycles. The van der Waals surface area contributed by atoms with Crippen LogP contribution in [0.25, 0.3) is 0 Å². The lowest BCUT2D eigenvalue weighted by atomic mass is 10.1. The van der Waals surface area contributed by atoms with Crippen LogP contribution in [0, 0.1) is 0 Å². The molecule has 0 bridgehead atoms. The highest BCUT2D eigenvalue weighted by atomic mass is 31.2. The Balaban J connectivity index is 5.53. The molecule has 0 spiro atoms. The second kappa shape index (κ2) is 50.7. The number of nitrogens with one attached hydrogen (secondary N) is 1. The van der Waals surface area contributed by atoms with Crippen LogP contribution in [0.3, 0.4) is 0 Å². The molecule has 0 aromatic heterocycles. The van der Waals surface area contributed by atoms with Crippen molar-refractivity contribution >= 4 is 19.7 Å². The largest absolute Gasteiger partial charge is 0.472 e. The summed E-state index contributed by atoms with van der Waals surface area (Å²) >= 11 is 0. The van der Waals surface area contributed by atoms with Crippen LogP contribution in [0.15, 0.2) is 134 Å². The number of hydrogen-bond donors (Lipinski definition) is 2. The number of quaternary nitrogens is 1. The van der Waals surface area contributed by atoms with Crippen LogP contribution in [0.2, 0.25) is 0 Å². The molecule has 0 saturated heterocycles. The van der Waals surface area contributed by atoms with Gasteiger partial charge in [-0.3, -0.25) is 18.6 Å². The highest BCUT2D eigenvalue weighted by molar-refractivity contribution is 7.47. The van der Waals surface area contributed by atoms with Crippen LogP contribution in [0.1, 0.15) is 194 Å². The zero-order chi connectivity index (χ0) is 52.9. The molecule has 1 amide bonds. The summed E-state index contributed by atoms with van der Waals surface area (Å²) < 4.78 is 30.5. The lowest BCUT2D eigenvalue weighted by Gasteiger charge is -2.27. The highest BCUT2D eigenvalue weighted by Gasteiger charge is 2.30. The van der Waals surface area contributed by atoms with Gasteiger partial charge >= 0.3 is 13.8 Å². The number of carbonyl (C=O) groups is 2. The number of nitrogens with zero attached hydrogens (tertiary/aromatic N) is 1. The maximum Gasteiger partial charge on any atom is 0.472 e. The van der Waals surface area contributed by atoms with Gasteiger partial charge in [-0.05, 0) is 109 Å². The van der Waals surface area contributed by atoms with Gasteiger partial charge < -0.3 is 19.4 Å². The van der Waals surface area contributed by atoms with Crippen LogP contribution in [0.4, 0.5) is 0 Å². The first-order valence-corrected chi connectivity index (χ1v) is 29.5. The molecule has 9 nitrogen and oxygen atoms in total. The number of unbranched alkanes of at least 4 members (excludes halogenated alkanes) is 12. The van der Waals surface area contributed by atoms with E-state index in [4.69, 9.17) is 13.8 Å². The first-order valence-electron chi connectivity index (χ1n) is 28.0. The molecule has 0 radical (unpaired) electrons. The number of likely N-dealkylation sites (N-methyl/N-ethyl adjacent to an activating group) is 1. The Kier molecular flexibility index (Phi) is 48.0. The van der Waals surface area contributed by atoms with Crippen molar-refractivity contribution in [1.82, 2.24) is 5.32 Å². The molecule has 10 heteroatoms. The van der Waals surface area contributed by atoms with Gasteiger partial charge in [0.05, 0.1) is 33.8 Å². The smallest absolute Gasteiger partial charge is 0.456 e. The van der Waals surface area contributed by atoms with Crippen molar-refractivity contribution in [3.8, 4) is 0 Å². The summed E-state index contributed by atoms with van der Waals surface area (Å²) in [4.78, 5) is 37.5. The second-order valence-corrected chi connectivity index (χ2v) is 20.8. The molecule has 0 aromatic rings. The summed E-state index contributed by atoms with van der Waals surface area (Å²) in [5.41, 5.74) is 0. The van der Waals surface area contributed by atoms with Crippen molar-refractivity contribution in [1.29, 1.82) is 0 Å². The van der Waals surface area contributed by atoms with E-state index in [1.807, 2.05) is 39.4 Å². The molecule has 3 unspecified atom stereocenters. The van der Waals surface area contributed by atoms with Crippen molar-refractivity contribution in [2.75, 3.05) is 40.9 Å². The molecular weight excluding hydrogens is 916 g/mol. The monoisotopic (exact) mass is 1020 g/mol. The van der Waals surface area contributed by atoms with Crippen LogP contribution in [-0.4, -0.2) is 74.3 Å². The lowest BCUT2D eigenvalue weighted by molar-refractivity contribution is -0.870. The highest BCUT2D eigenvalue weighted by Crippen LogP contribution is 2.43. The van der Waals surface area contributed by atoms with E-state index >= 15 is 0 Å². The van der Waals surface area contributed by atoms with E-state index in [1.165, 1.54) is 44.9 Å². The minimum Gasteiger partial charge on any atom is -0.456 e. The topological polar surface area (TPSA) is 111 Å². The fourth-order valence-electron chi connectivity index (χ4n) is 7.07. The van der Waals surface area contributed by atoms with Gasteiger partial charge in [-0.2, -0.15) is 0 Å². The van der Waals surface area contributed by atoms with E-state index < -0.39 is 25.9 Å². The summed E-state index contributed by atoms with van der Waals surface area (Å²) in [6, 6.07) is -0.904. The number of ether oxygens (including phenoxy) is 1. The Morgan fingerprint density at radius 1 is 0.500 bits per heavy atom. The fraction of sp³-hybridized carbons (Fsp3) is 0.613. The summed E-state index contributed by atoms with van der Waals surface area (Å²) in [5.74, 6) is -0.654. The van der Waals surface area contributed by atoms with Crippen LogP contribution in [0.5, 0.6) is 0 Å². The number of rotatable bonds is 48. The molecule has 72 heavy (non-hydrogen) atoms. The van der Waals surface area contributed by atoms with Crippen molar-refractivity contribution in [3.05, 3.63) is 134 Å². The third-order valence-corrected chi connectivity index (χ3v) is 12.3. The number of amides is 1. The maximum atomic E-state index is 13.5. The Labute approximate surface area is 441 Å². The van der Waals surface area contributed by atoms with Gasteiger partial charge in [0.25, 0.3) is 0 Å². The Bertz CT molecular complexity index is 1690. The predicted octanol–water partition coefficient (Wildman–Crippen LogP) is 16.9. The molecule has 0 aromatic carbocycles. The Morgan fingerprint density at radius 2 is 0.903 bits per heavy atom. The summed E-state index contributed by atoms with van der Waals surface area (Å²) in [7, 11) is 1.41. The molecule has 0 aliphatic heterocycles. The van der Waals surface area contributed by atoms with Crippen LogP contribution >= 0.6 is 7.82 Å². The van der Waals surface area contributed by atoms with Crippen LogP contribution in [-0.2, 0) is 27.9 Å². The van der Waals surface area contributed by atoms with E-state index in [2.05, 4.69) is 135 Å². The predicted molar refractivity (Wildman–Crippen MR) is 309 cm³/mol. The van der Waals surface area contributed by atoms with Gasteiger partial charge in [0.2, 0.25) is 5.91 Å². The number of esters is 1. The average Bonchev–Trinajstić information content (AvgIpc) is 3.34. The first kappa shape index (κ1) is 68.2. The van der Waals surface area contributed by atoms with E-state index in [0.717, 1.165) is 103 Å². The summed E-state index contributed by atoms with van der Waals surface area (Å²) in [6.45, 7) is 6.66. The first-order chi connectivity index (χ1) is 34.9. The molecule has 2 N–H and O–H groups in total. The summed E-state index contributed by atoms with van der Waals surface area (Å²) in [5, 5.41) is 3.00. The standard InChI is InChI=1S/C62H103N2O7P/c1-7-10-13-16-19-22-25-27-29-31-32-33-35-37-40-43-46-49-52-55-62(66)71-60(53-50-47-44-41-38-24-21-18-15-12-9-3)59(58-70-72(67,68)69-57-56-64(4,5)6)63-61(65)54-51-48-45-42-39-36-34-30-28-26-23-20-17-14-11-8-2/h10-11,13-14,19-20,22-23,27-30,32-33,36-37,39-40,46,49-50,53,59-60H,7-9,12,15-18,21,24-26,31,34-35,38,41-45,47-48,51-52,54-58H2,1-6H3,(H-,63,65,67,68)/p+1/b13-10-,14-11+,22-19-,23-20+,29-27-,30-28+,33-32-,39-36+,40-37-,49-46-,53-50+. The fourth-order valence-corrected chi connectivity index (χ4v) is 7.81. The minimum atomic E-state index is -4.48. The zero-order valence-electron chi connectivity index (χ0n) is 46.4. The average molecular weight is 1020 g/mol. The molecule has 0 heterocycles. The molecule has 3 atom stereocenters. The number of phosphoric ester groups is 1. The van der Waals surface area contributed by atoms with Crippen molar-refractivity contribution in [3.63, 3.8) is 0 Å². The molecule has 0 rings (SSSR count). The van der Waals surface area contributed by atoms with Crippen molar-refractivity contribution in [2.45, 2.75) is 206 Å². The van der Waals surface area contributed by atoms with Crippen LogP contribution < -0.4 is 5.32 Å². The second-order valence-electron chi connectivity index (χ2n) is 19.3. The molecule has 0 fully saturated rings. The molecular formula is C62H104N2O7P+. The van der Waals surface area contributed by atoms with Gasteiger partial charge in [0, 0.05) is 12.8 Å². The molecule has 408 valence electrons. The molecule has 0 aliphatic rings. The lowest BCUT2D eigenvalue weighted by Crippen LogP contribution is -2.47. The number of hydrogen-bond acceptors (Lipinski definition) is 6. The normalized spacial score (nSPS) is 14.8. The number of carbonyl (C=O) groups excluding carboxylic acids is 2. The van der Waals surface area contributed by atoms with E-state index in [0.29, 0.717) is 23.9 Å². The number of phosphoric acid groups is 1. The van der Waals surface area contributed by atoms with Gasteiger partial charge in [0.1, 0.15) is 19.3 Å². The number of allylic oxidation sites excluding steroid dienone is 21. The van der Waals surface area contributed by atoms with Gasteiger partial charge in [-0.15, -0.1) is 0 Å². The third-order valence-electron chi connectivity index (χ3n) is 11.3. The van der Waals surface area contributed by atoms with Gasteiger partial charge in [-0.25, -0.2) is 4.57 Å². The Hall–Kier alpha value is -3.85. The van der Waals surface area contributed by atoms with Crippen molar-refractivity contribution < 1.29 is 37.3 Å². The maximum absolute atomic E-state index is 13.5. The molecule has 0 aliphatic carbocycles. The van der Waals surface area contributed by atoms with E-state index in [9.17, 15) is 19.0 Å². The minimum absolute atomic E-state index is 0.0148. The Morgan fingerprint density at radius 3 is 1.36 bits per heavy atom. The third kappa shape index (κ3) is 51.1. The van der Waals surface area contributed by atoms with E-state index in [1.54, 1.807) is 6.08 Å². The summed E-state index contributed by atoms with van der Waals surface area (Å²) in [6.07, 6.45) is 71.8. The van der Waals surface area contributed by atoms with Gasteiger partial charge in [0.15, 0.2) is 0 Å². The van der Waals surface area contributed by atoms with Crippen molar-refractivity contribution in [2.24, 2.45) is 0 Å². The van der Waals surface area contributed by atoms with E-state index in [-0.39, 0.29) is 32.0 Å². The SMILES string of the molecule is CC/C=C\C/C=C\C/C=C\C/C=C\C/C=C\C/C=C\CCC(=O)OC(/C=C/CCCCCCCCCCC)C(COP(=O)(O)OCC[N+](C)(C)C)NC(=O)CCCCC/C=C/C/C=C/C/C=C/C/C=C/CC. The quantitative estimate of drug-likeness (QED) is 0.0205. The van der Waals surface area contributed by atoms with Gasteiger partial charge in [-0.1, -0.05) is 206 Å². The zero-order valence-corrected chi connectivity index (χ0v) is 47.3.